The second kappa shape index (κ2) is 15.7. The summed E-state index contributed by atoms with van der Waals surface area (Å²) in [6.07, 6.45) is -0.0312. The van der Waals surface area contributed by atoms with Gasteiger partial charge in [0.25, 0.3) is 0 Å². The summed E-state index contributed by atoms with van der Waals surface area (Å²) in [5.41, 5.74) is -1.60. The number of esters is 2. The van der Waals surface area contributed by atoms with Gasteiger partial charge in [0.15, 0.2) is 5.41 Å². The molecule has 0 aliphatic carbocycles. The Balaban J connectivity index is 1.99. The zero-order valence-electron chi connectivity index (χ0n) is 39.4. The first-order valence-corrected chi connectivity index (χ1v) is 21.3. The van der Waals surface area contributed by atoms with Gasteiger partial charge >= 0.3 is 11.9 Å². The van der Waals surface area contributed by atoms with E-state index >= 15 is 9.59 Å². The number of carbonyl (C=O) groups excluding carboxylic acids is 4. The molecule has 0 aromatic heterocycles. The zero-order valence-corrected chi connectivity index (χ0v) is 39.4. The van der Waals surface area contributed by atoms with Gasteiger partial charge in [-0.1, -0.05) is 65.8 Å². The number of amides is 2. The summed E-state index contributed by atoms with van der Waals surface area (Å²) in [6, 6.07) is 7.38. The van der Waals surface area contributed by atoms with Gasteiger partial charge in [-0.15, -0.1) is 0 Å². The lowest BCUT2D eigenvalue weighted by molar-refractivity contribution is -0.189. The summed E-state index contributed by atoms with van der Waals surface area (Å²) in [7, 11) is 0. The second-order valence-corrected chi connectivity index (χ2v) is 22.4. The maximum absolute atomic E-state index is 15.6. The van der Waals surface area contributed by atoms with Crippen LogP contribution in [-0.2, 0) is 52.3 Å². The summed E-state index contributed by atoms with van der Waals surface area (Å²) in [5, 5.41) is 22.5. The first kappa shape index (κ1) is 47.6. The summed E-state index contributed by atoms with van der Waals surface area (Å²) in [6.45, 7) is 34.5. The van der Waals surface area contributed by atoms with Crippen LogP contribution in [-0.4, -0.2) is 78.1 Å². The Kier molecular flexibility index (Phi) is 12.7. The highest BCUT2D eigenvalue weighted by molar-refractivity contribution is 6.01. The molecule has 0 unspecified atom stereocenters. The van der Waals surface area contributed by atoms with Crippen molar-refractivity contribution in [1.82, 2.24) is 9.80 Å². The molecule has 2 fully saturated rings. The molecule has 2 heterocycles. The highest BCUT2D eigenvalue weighted by Gasteiger charge is 2.55. The third kappa shape index (κ3) is 9.78. The van der Waals surface area contributed by atoms with Crippen LogP contribution < -0.4 is 0 Å². The third-order valence-corrected chi connectivity index (χ3v) is 12.6. The van der Waals surface area contributed by atoms with Crippen LogP contribution in [0.1, 0.15) is 170 Å². The van der Waals surface area contributed by atoms with E-state index in [2.05, 4.69) is 0 Å². The van der Waals surface area contributed by atoms with E-state index in [0.717, 1.165) is 0 Å². The van der Waals surface area contributed by atoms with Gasteiger partial charge < -0.3 is 29.5 Å². The Bertz CT molecular complexity index is 1800. The quantitative estimate of drug-likeness (QED) is 0.199. The van der Waals surface area contributed by atoms with Gasteiger partial charge in [0.2, 0.25) is 11.8 Å². The highest BCUT2D eigenvalue weighted by atomic mass is 16.6. The van der Waals surface area contributed by atoms with Crippen LogP contribution >= 0.6 is 0 Å². The van der Waals surface area contributed by atoms with Crippen molar-refractivity contribution in [3.63, 3.8) is 0 Å². The topological polar surface area (TPSA) is 134 Å². The lowest BCUT2D eigenvalue weighted by Gasteiger charge is -2.55. The van der Waals surface area contributed by atoms with Crippen molar-refractivity contribution >= 4 is 23.8 Å². The lowest BCUT2D eigenvalue weighted by Crippen LogP contribution is -2.64. The molecular formula is C49H74N2O8. The molecule has 59 heavy (non-hydrogen) atoms. The maximum atomic E-state index is 15.6. The third-order valence-electron chi connectivity index (χ3n) is 12.6. The standard InChI is InChI=1S/C49H74N2O8/c1-29-19-33(21-37(39(29)54)43(5,6)7)23-49(24-34-20-30(2)40(55)38(22-34)44(8,9)10,41(56)58-35-25-45(11,12)50(31(3)52)46(13,14)26-35)42(57)59-36-27-47(15,16)51(32(4)53)48(17,18)28-36/h19-22,35-36,54-55H,23-28H2,1-18H3. The number of piperidine rings is 2. The predicted molar refractivity (Wildman–Crippen MR) is 233 cm³/mol. The van der Waals surface area contributed by atoms with Crippen molar-refractivity contribution in [3.05, 3.63) is 57.6 Å². The summed E-state index contributed by atoms with van der Waals surface area (Å²) in [4.78, 5) is 60.7. The number of phenolic OH excluding ortho intramolecular Hbond substituents is 2. The molecule has 328 valence electrons. The molecule has 4 rings (SSSR count). The molecule has 0 bridgehead atoms. The number of hydrogen-bond acceptors (Lipinski definition) is 8. The number of ether oxygens (including phenoxy) is 2. The number of benzene rings is 2. The molecule has 2 N–H and O–H groups in total. The van der Waals surface area contributed by atoms with Crippen molar-refractivity contribution in [2.45, 2.75) is 208 Å². The summed E-state index contributed by atoms with van der Waals surface area (Å²) in [5.74, 6) is -1.30. The molecule has 0 saturated carbocycles. The average Bonchev–Trinajstić information content (AvgIpc) is 2.99. The monoisotopic (exact) mass is 819 g/mol. The van der Waals surface area contributed by atoms with Gasteiger partial charge in [-0.05, 0) is 126 Å². The average molecular weight is 819 g/mol. The fraction of sp³-hybridized carbons (Fsp3) is 0.673. The first-order valence-electron chi connectivity index (χ1n) is 21.3. The van der Waals surface area contributed by atoms with Gasteiger partial charge in [-0.3, -0.25) is 19.2 Å². The number of rotatable bonds is 8. The Morgan fingerprint density at radius 2 is 0.847 bits per heavy atom. The van der Waals surface area contributed by atoms with E-state index in [0.29, 0.717) is 59.1 Å². The molecule has 0 radical (unpaired) electrons. The molecule has 10 heteroatoms. The van der Waals surface area contributed by atoms with Crippen LogP contribution in [0.15, 0.2) is 24.3 Å². The van der Waals surface area contributed by atoms with E-state index in [1.807, 2.05) is 145 Å². The lowest BCUT2D eigenvalue weighted by atomic mass is 9.73. The fourth-order valence-electron chi connectivity index (χ4n) is 11.0. The van der Waals surface area contributed by atoms with Gasteiger partial charge in [0, 0.05) is 61.7 Å². The molecule has 0 spiro atoms. The van der Waals surface area contributed by atoms with Crippen molar-refractivity contribution < 1.29 is 38.9 Å². The van der Waals surface area contributed by atoms with Crippen LogP contribution in [0.2, 0.25) is 0 Å². The van der Waals surface area contributed by atoms with Crippen molar-refractivity contribution in [3.8, 4) is 11.5 Å². The van der Waals surface area contributed by atoms with Gasteiger partial charge in [0.1, 0.15) is 23.7 Å². The minimum atomic E-state index is -1.94. The van der Waals surface area contributed by atoms with Gasteiger partial charge in [-0.2, -0.15) is 0 Å². The van der Waals surface area contributed by atoms with E-state index in [4.69, 9.17) is 9.47 Å². The summed E-state index contributed by atoms with van der Waals surface area (Å²) >= 11 is 0. The number of aromatic hydroxyl groups is 2. The summed E-state index contributed by atoms with van der Waals surface area (Å²) < 4.78 is 13.2. The number of hydrogen-bond donors (Lipinski definition) is 2. The Hall–Kier alpha value is -4.08. The molecule has 2 aliphatic heterocycles. The Labute approximate surface area is 354 Å². The number of nitrogens with zero attached hydrogens (tertiary/aromatic N) is 2. The van der Waals surface area contributed by atoms with E-state index < -0.39 is 62.5 Å². The molecule has 2 aliphatic rings. The largest absolute Gasteiger partial charge is 0.507 e. The van der Waals surface area contributed by atoms with E-state index in [1.54, 1.807) is 13.8 Å². The van der Waals surface area contributed by atoms with Crippen molar-refractivity contribution in [2.24, 2.45) is 5.41 Å². The van der Waals surface area contributed by atoms with Crippen LogP contribution in [0, 0.1) is 19.3 Å². The molecule has 2 aromatic carbocycles. The number of phenols is 2. The molecule has 2 amide bonds. The van der Waals surface area contributed by atoms with E-state index in [9.17, 15) is 19.8 Å². The smallest absolute Gasteiger partial charge is 0.324 e. The predicted octanol–water partition coefficient (Wildman–Crippen LogP) is 9.30. The molecule has 10 nitrogen and oxygen atoms in total. The Morgan fingerprint density at radius 3 is 1.08 bits per heavy atom. The fourth-order valence-corrected chi connectivity index (χ4v) is 11.0. The molecule has 2 aromatic rings. The van der Waals surface area contributed by atoms with Crippen LogP contribution in [0.3, 0.4) is 0 Å². The van der Waals surface area contributed by atoms with E-state index in [1.165, 1.54) is 0 Å². The van der Waals surface area contributed by atoms with Gasteiger partial charge in [0.05, 0.1) is 0 Å². The normalized spacial score (nSPS) is 19.6. The van der Waals surface area contributed by atoms with Crippen LogP contribution in [0.4, 0.5) is 0 Å². The van der Waals surface area contributed by atoms with Crippen molar-refractivity contribution in [2.75, 3.05) is 0 Å². The minimum Gasteiger partial charge on any atom is -0.507 e. The number of likely N-dealkylation sites (tertiary alicyclic amines) is 2. The van der Waals surface area contributed by atoms with Crippen LogP contribution in [0.25, 0.3) is 0 Å². The first-order chi connectivity index (χ1) is 26.6. The van der Waals surface area contributed by atoms with Gasteiger partial charge in [-0.25, -0.2) is 0 Å². The minimum absolute atomic E-state index is 0.0703. The highest BCUT2D eigenvalue weighted by Crippen LogP contribution is 2.45. The van der Waals surface area contributed by atoms with E-state index in [-0.39, 0.29) is 36.2 Å². The Morgan fingerprint density at radius 1 is 0.576 bits per heavy atom. The molecular weight excluding hydrogens is 745 g/mol. The van der Waals surface area contributed by atoms with Crippen molar-refractivity contribution in [1.29, 1.82) is 0 Å². The second-order valence-electron chi connectivity index (χ2n) is 22.4. The molecule has 0 atom stereocenters. The van der Waals surface area contributed by atoms with Crippen LogP contribution in [0.5, 0.6) is 11.5 Å². The zero-order chi connectivity index (χ0) is 45.2. The number of aryl methyl sites for hydroxylation is 2. The number of carbonyl (C=O) groups is 4. The maximum Gasteiger partial charge on any atom is 0.324 e. The molecule has 2 saturated heterocycles. The SMILES string of the molecule is CC(=O)N1C(C)(C)CC(OC(=O)C(Cc2cc(C)c(O)c(C(C)(C)C)c2)(Cc2cc(C)c(O)c(C(C)(C)C)c2)C(=O)OC2CC(C)(C)N(C(C)=O)C(C)(C)C2)CC1(C)C.